The Morgan fingerprint density at radius 2 is 1.67 bits per heavy atom. The van der Waals surface area contributed by atoms with E-state index in [1.54, 1.807) is 0 Å². The van der Waals surface area contributed by atoms with Gasteiger partial charge in [-0.1, -0.05) is 43.2 Å². The first kappa shape index (κ1) is 14.1. The van der Waals surface area contributed by atoms with Crippen LogP contribution in [-0.2, 0) is 6.54 Å². The minimum Gasteiger partial charge on any atom is -0.492 e. The van der Waals surface area contributed by atoms with Crippen molar-refractivity contribution in [2.45, 2.75) is 32.2 Å². The second kappa shape index (κ2) is 6.76. The molecule has 1 N–H and O–H groups in total. The van der Waals surface area contributed by atoms with E-state index >= 15 is 0 Å². The maximum atomic E-state index is 10.0. The quantitative estimate of drug-likeness (QED) is 0.938. The largest absolute Gasteiger partial charge is 0.492 e. The Kier molecular flexibility index (Phi) is 4.55. The zero-order valence-corrected chi connectivity index (χ0v) is 12.4. The Morgan fingerprint density at radius 1 is 0.952 bits per heavy atom. The van der Waals surface area contributed by atoms with Crippen molar-refractivity contribution in [3.05, 3.63) is 36.5 Å². The fourth-order valence-electron chi connectivity index (χ4n) is 2.95. The molecule has 112 valence electrons. The minimum absolute atomic E-state index is 0.122. The SMILES string of the molecule is Oc1nn(CCN2CCCCCC2)cc1-c1ccccc1. The summed E-state index contributed by atoms with van der Waals surface area (Å²) in [4.78, 5) is 2.51. The van der Waals surface area contributed by atoms with Crippen LogP contribution in [0.2, 0.25) is 0 Å². The van der Waals surface area contributed by atoms with Gasteiger partial charge in [0, 0.05) is 12.7 Å². The molecule has 2 aromatic rings. The maximum absolute atomic E-state index is 10.0. The van der Waals surface area contributed by atoms with Gasteiger partial charge in [-0.05, 0) is 31.5 Å². The lowest BCUT2D eigenvalue weighted by Crippen LogP contribution is -2.28. The van der Waals surface area contributed by atoms with Gasteiger partial charge in [-0.25, -0.2) is 0 Å². The third-order valence-corrected chi connectivity index (χ3v) is 4.17. The predicted octanol–water partition coefficient (Wildman–Crippen LogP) is 3.13. The third kappa shape index (κ3) is 3.64. The molecule has 3 rings (SSSR count). The summed E-state index contributed by atoms with van der Waals surface area (Å²) >= 11 is 0. The highest BCUT2D eigenvalue weighted by atomic mass is 16.3. The number of nitrogens with zero attached hydrogens (tertiary/aromatic N) is 3. The Morgan fingerprint density at radius 3 is 2.38 bits per heavy atom. The standard InChI is InChI=1S/C17H23N3O/c21-17-16(15-8-4-3-5-9-15)14-20(18-17)13-12-19-10-6-1-2-7-11-19/h3-5,8-9,14H,1-2,6-7,10-13H2,(H,18,21). The van der Waals surface area contributed by atoms with E-state index in [9.17, 15) is 5.11 Å². The first-order chi connectivity index (χ1) is 10.3. The van der Waals surface area contributed by atoms with Crippen LogP contribution in [-0.4, -0.2) is 39.4 Å². The van der Waals surface area contributed by atoms with Crippen molar-refractivity contribution in [3.63, 3.8) is 0 Å². The Labute approximate surface area is 126 Å². The number of aromatic hydroxyl groups is 1. The number of hydrogen-bond acceptors (Lipinski definition) is 3. The number of aromatic nitrogens is 2. The van der Waals surface area contributed by atoms with Gasteiger partial charge in [0.1, 0.15) is 0 Å². The van der Waals surface area contributed by atoms with Gasteiger partial charge in [0.05, 0.1) is 12.1 Å². The number of likely N-dealkylation sites (tertiary alicyclic amines) is 1. The van der Waals surface area contributed by atoms with E-state index in [1.807, 2.05) is 41.2 Å². The summed E-state index contributed by atoms with van der Waals surface area (Å²) in [6.45, 7) is 4.23. The molecule has 1 aliphatic heterocycles. The van der Waals surface area contributed by atoms with Crippen LogP contribution in [0.4, 0.5) is 0 Å². The highest BCUT2D eigenvalue weighted by Crippen LogP contribution is 2.27. The van der Waals surface area contributed by atoms with Crippen molar-refractivity contribution in [2.24, 2.45) is 0 Å². The topological polar surface area (TPSA) is 41.3 Å². The second-order valence-corrected chi connectivity index (χ2v) is 5.75. The van der Waals surface area contributed by atoms with E-state index in [2.05, 4.69) is 10.00 Å². The average Bonchev–Trinajstić information content (AvgIpc) is 2.73. The van der Waals surface area contributed by atoms with Gasteiger partial charge in [0.15, 0.2) is 0 Å². The summed E-state index contributed by atoms with van der Waals surface area (Å²) < 4.78 is 1.86. The molecule has 0 spiro atoms. The van der Waals surface area contributed by atoms with Crippen molar-refractivity contribution in [1.29, 1.82) is 0 Å². The molecule has 1 aliphatic rings. The highest BCUT2D eigenvalue weighted by Gasteiger charge is 2.12. The molecule has 0 unspecified atom stereocenters. The Hall–Kier alpha value is -1.81. The Bertz CT molecular complexity index is 557. The van der Waals surface area contributed by atoms with Gasteiger partial charge in [0.25, 0.3) is 0 Å². The molecule has 2 heterocycles. The smallest absolute Gasteiger partial charge is 0.238 e. The summed E-state index contributed by atoms with van der Waals surface area (Å²) in [7, 11) is 0. The Balaban J connectivity index is 1.64. The van der Waals surface area contributed by atoms with E-state index < -0.39 is 0 Å². The zero-order chi connectivity index (χ0) is 14.5. The van der Waals surface area contributed by atoms with Crippen LogP contribution in [0, 0.1) is 0 Å². The summed E-state index contributed by atoms with van der Waals surface area (Å²) in [6.07, 6.45) is 7.27. The van der Waals surface area contributed by atoms with Crippen LogP contribution in [0.5, 0.6) is 5.88 Å². The average molecular weight is 285 g/mol. The molecule has 0 aliphatic carbocycles. The first-order valence-corrected chi connectivity index (χ1v) is 7.87. The first-order valence-electron chi connectivity index (χ1n) is 7.87. The highest BCUT2D eigenvalue weighted by molar-refractivity contribution is 5.67. The van der Waals surface area contributed by atoms with Crippen LogP contribution in [0.25, 0.3) is 11.1 Å². The molecule has 0 radical (unpaired) electrons. The number of rotatable bonds is 4. The van der Waals surface area contributed by atoms with Gasteiger partial charge in [0.2, 0.25) is 5.88 Å². The van der Waals surface area contributed by atoms with Crippen molar-refractivity contribution in [3.8, 4) is 17.0 Å². The molecule has 4 heteroatoms. The van der Waals surface area contributed by atoms with Crippen molar-refractivity contribution >= 4 is 0 Å². The molecule has 0 saturated carbocycles. The lowest BCUT2D eigenvalue weighted by atomic mass is 10.1. The molecule has 4 nitrogen and oxygen atoms in total. The molecule has 1 saturated heterocycles. The molecule has 1 aromatic carbocycles. The van der Waals surface area contributed by atoms with E-state index in [0.29, 0.717) is 0 Å². The van der Waals surface area contributed by atoms with Crippen molar-refractivity contribution in [2.75, 3.05) is 19.6 Å². The lowest BCUT2D eigenvalue weighted by Gasteiger charge is -2.19. The monoisotopic (exact) mass is 285 g/mol. The van der Waals surface area contributed by atoms with Gasteiger partial charge in [-0.2, -0.15) is 0 Å². The summed E-state index contributed by atoms with van der Waals surface area (Å²) in [5.74, 6) is 0.122. The third-order valence-electron chi connectivity index (χ3n) is 4.17. The van der Waals surface area contributed by atoms with Crippen LogP contribution in [0.3, 0.4) is 0 Å². The fourth-order valence-corrected chi connectivity index (χ4v) is 2.95. The van der Waals surface area contributed by atoms with E-state index in [1.165, 1.54) is 38.8 Å². The van der Waals surface area contributed by atoms with Gasteiger partial charge in [-0.15, -0.1) is 5.10 Å². The molecular weight excluding hydrogens is 262 g/mol. The normalized spacial score (nSPS) is 16.8. The molecule has 21 heavy (non-hydrogen) atoms. The summed E-state index contributed by atoms with van der Waals surface area (Å²) in [5.41, 5.74) is 1.82. The number of hydrogen-bond donors (Lipinski definition) is 1. The fraction of sp³-hybridized carbons (Fsp3) is 0.471. The predicted molar refractivity (Wildman–Crippen MR) is 84.2 cm³/mol. The van der Waals surface area contributed by atoms with Crippen LogP contribution >= 0.6 is 0 Å². The van der Waals surface area contributed by atoms with Crippen molar-refractivity contribution in [1.82, 2.24) is 14.7 Å². The number of benzene rings is 1. The zero-order valence-electron chi connectivity index (χ0n) is 12.4. The van der Waals surface area contributed by atoms with Crippen LogP contribution in [0.1, 0.15) is 25.7 Å². The molecule has 1 fully saturated rings. The molecule has 0 atom stereocenters. The molecule has 0 amide bonds. The van der Waals surface area contributed by atoms with Crippen LogP contribution in [0.15, 0.2) is 36.5 Å². The van der Waals surface area contributed by atoms with Gasteiger partial charge >= 0.3 is 0 Å². The van der Waals surface area contributed by atoms with E-state index in [0.717, 1.165) is 24.2 Å². The summed E-state index contributed by atoms with van der Waals surface area (Å²) in [6, 6.07) is 9.92. The van der Waals surface area contributed by atoms with Gasteiger partial charge in [-0.3, -0.25) is 4.68 Å². The lowest BCUT2D eigenvalue weighted by molar-refractivity contribution is 0.267. The second-order valence-electron chi connectivity index (χ2n) is 5.75. The summed E-state index contributed by atoms with van der Waals surface area (Å²) in [5, 5.41) is 14.3. The van der Waals surface area contributed by atoms with Crippen LogP contribution < -0.4 is 0 Å². The molecular formula is C17H23N3O. The van der Waals surface area contributed by atoms with E-state index in [4.69, 9.17) is 0 Å². The van der Waals surface area contributed by atoms with Gasteiger partial charge < -0.3 is 10.0 Å². The van der Waals surface area contributed by atoms with Crippen molar-refractivity contribution < 1.29 is 5.11 Å². The maximum Gasteiger partial charge on any atom is 0.238 e. The van der Waals surface area contributed by atoms with E-state index in [-0.39, 0.29) is 5.88 Å². The molecule has 0 bridgehead atoms. The minimum atomic E-state index is 0.122. The molecule has 1 aromatic heterocycles.